The van der Waals surface area contributed by atoms with E-state index < -0.39 is 9.84 Å². The lowest BCUT2D eigenvalue weighted by atomic mass is 10.2. The number of hydrogen-bond acceptors (Lipinski definition) is 5. The smallest absolute Gasteiger partial charge is 0.259 e. The molecule has 8 heteroatoms. The predicted molar refractivity (Wildman–Crippen MR) is 96.9 cm³/mol. The first kappa shape index (κ1) is 16.9. The molecule has 0 radical (unpaired) electrons. The van der Waals surface area contributed by atoms with E-state index in [0.717, 1.165) is 16.5 Å². The maximum Gasteiger partial charge on any atom is 0.259 e. The van der Waals surface area contributed by atoms with Gasteiger partial charge in [-0.15, -0.1) is 0 Å². The van der Waals surface area contributed by atoms with Crippen LogP contribution in [0.15, 0.2) is 47.4 Å². The van der Waals surface area contributed by atoms with Crippen molar-refractivity contribution in [3.8, 4) is 0 Å². The van der Waals surface area contributed by atoms with Crippen LogP contribution in [-0.2, 0) is 9.84 Å². The summed E-state index contributed by atoms with van der Waals surface area (Å²) in [4.78, 5) is 18.4. The molecule has 24 heavy (non-hydrogen) atoms. The van der Waals surface area contributed by atoms with Crippen molar-refractivity contribution >= 4 is 54.0 Å². The van der Waals surface area contributed by atoms with Gasteiger partial charge < -0.3 is 0 Å². The highest BCUT2D eigenvalue weighted by atomic mass is 35.5. The minimum atomic E-state index is -3.52. The molecular weight excluding hydrogens is 368 g/mol. The number of anilines is 1. The van der Waals surface area contributed by atoms with E-state index in [-0.39, 0.29) is 21.4 Å². The van der Waals surface area contributed by atoms with Crippen molar-refractivity contribution < 1.29 is 13.2 Å². The summed E-state index contributed by atoms with van der Waals surface area (Å²) >= 11 is 7.31. The summed E-state index contributed by atoms with van der Waals surface area (Å²) in [5, 5.41) is 0.633. The number of carbonyl (C=O) groups excluding carboxylic acids is 1. The molecule has 1 heterocycles. The largest absolute Gasteiger partial charge is 0.287 e. The lowest BCUT2D eigenvalue weighted by molar-refractivity contribution is 0.0993. The molecule has 5 nitrogen and oxygen atoms in total. The number of para-hydroxylation sites is 1. The standard InChI is InChI=1S/C16H13ClN2O3S2/c1-19(16-18-12-5-3-4-6-13(12)23-16)15(20)10-7-8-11(17)14(9-10)24(2,21)22/h3-9H,1-2H3. The second-order valence-electron chi connectivity index (χ2n) is 5.25. The van der Waals surface area contributed by atoms with Crippen LogP contribution in [0.3, 0.4) is 0 Å². The molecule has 3 aromatic rings. The predicted octanol–water partition coefficient (Wildman–Crippen LogP) is 3.63. The van der Waals surface area contributed by atoms with Gasteiger partial charge in [-0.05, 0) is 30.3 Å². The molecule has 2 aromatic carbocycles. The number of sulfone groups is 1. The molecule has 3 rings (SSSR count). The van der Waals surface area contributed by atoms with Crippen LogP contribution in [0.4, 0.5) is 5.13 Å². The van der Waals surface area contributed by atoms with Crippen molar-refractivity contribution in [2.45, 2.75) is 4.90 Å². The molecule has 0 saturated carbocycles. The van der Waals surface area contributed by atoms with Gasteiger partial charge in [0.25, 0.3) is 5.91 Å². The topological polar surface area (TPSA) is 67.3 Å². The number of halogens is 1. The fourth-order valence-corrected chi connectivity index (χ4v) is 4.43. The molecule has 1 aromatic heterocycles. The Labute approximate surface area is 148 Å². The minimum Gasteiger partial charge on any atom is -0.287 e. The van der Waals surface area contributed by atoms with Crippen molar-refractivity contribution in [2.75, 3.05) is 18.2 Å². The summed E-state index contributed by atoms with van der Waals surface area (Å²) in [6.45, 7) is 0. The first-order valence-electron chi connectivity index (χ1n) is 6.90. The SMILES string of the molecule is CN(C(=O)c1ccc(Cl)c(S(C)(=O)=O)c1)c1nc2ccccc2s1. The summed E-state index contributed by atoms with van der Waals surface area (Å²) in [6, 6.07) is 11.8. The van der Waals surface area contributed by atoms with Gasteiger partial charge in [0, 0.05) is 18.9 Å². The zero-order chi connectivity index (χ0) is 17.5. The molecule has 0 saturated heterocycles. The molecule has 0 N–H and O–H groups in total. The number of nitrogens with zero attached hydrogens (tertiary/aromatic N) is 2. The molecule has 0 aliphatic heterocycles. The van der Waals surface area contributed by atoms with Crippen LogP contribution in [0.5, 0.6) is 0 Å². The van der Waals surface area contributed by atoms with E-state index in [2.05, 4.69) is 4.98 Å². The quantitative estimate of drug-likeness (QED) is 0.695. The van der Waals surface area contributed by atoms with Crippen molar-refractivity contribution in [1.82, 2.24) is 4.98 Å². The van der Waals surface area contributed by atoms with Crippen LogP contribution in [0.1, 0.15) is 10.4 Å². The van der Waals surface area contributed by atoms with Crippen LogP contribution >= 0.6 is 22.9 Å². The van der Waals surface area contributed by atoms with E-state index in [9.17, 15) is 13.2 Å². The number of benzene rings is 2. The fraction of sp³-hybridized carbons (Fsp3) is 0.125. The monoisotopic (exact) mass is 380 g/mol. The Kier molecular flexibility index (Phi) is 4.33. The van der Waals surface area contributed by atoms with Crippen molar-refractivity contribution in [3.63, 3.8) is 0 Å². The molecule has 0 unspecified atom stereocenters. The maximum absolute atomic E-state index is 12.7. The van der Waals surface area contributed by atoms with E-state index in [1.165, 1.54) is 34.4 Å². The normalized spacial score (nSPS) is 11.6. The van der Waals surface area contributed by atoms with Gasteiger partial charge in [-0.25, -0.2) is 13.4 Å². The first-order chi connectivity index (χ1) is 11.3. The van der Waals surface area contributed by atoms with Gasteiger partial charge in [-0.3, -0.25) is 9.69 Å². The Morgan fingerprint density at radius 2 is 1.92 bits per heavy atom. The highest BCUT2D eigenvalue weighted by Gasteiger charge is 2.20. The van der Waals surface area contributed by atoms with Crippen molar-refractivity contribution in [3.05, 3.63) is 53.1 Å². The first-order valence-corrected chi connectivity index (χ1v) is 9.99. The highest BCUT2D eigenvalue weighted by molar-refractivity contribution is 7.90. The summed E-state index contributed by atoms with van der Waals surface area (Å²) in [6.07, 6.45) is 1.06. The zero-order valence-electron chi connectivity index (χ0n) is 12.9. The lowest BCUT2D eigenvalue weighted by Crippen LogP contribution is -2.26. The van der Waals surface area contributed by atoms with E-state index in [0.29, 0.717) is 5.13 Å². The summed E-state index contributed by atoms with van der Waals surface area (Å²) in [5.74, 6) is -0.351. The van der Waals surface area contributed by atoms with E-state index in [1.807, 2.05) is 24.3 Å². The number of hydrogen-bond donors (Lipinski definition) is 0. The summed E-state index contributed by atoms with van der Waals surface area (Å²) < 4.78 is 24.5. The number of carbonyl (C=O) groups is 1. The summed E-state index contributed by atoms with van der Waals surface area (Å²) in [5.41, 5.74) is 1.05. The molecule has 0 fully saturated rings. The van der Waals surface area contributed by atoms with Crippen LogP contribution in [0, 0.1) is 0 Å². The zero-order valence-corrected chi connectivity index (χ0v) is 15.2. The molecule has 124 valence electrons. The number of fused-ring (bicyclic) bond motifs is 1. The van der Waals surface area contributed by atoms with Crippen molar-refractivity contribution in [1.29, 1.82) is 0 Å². The third kappa shape index (κ3) is 3.15. The number of aromatic nitrogens is 1. The van der Waals surface area contributed by atoms with Crippen LogP contribution < -0.4 is 4.90 Å². The van der Waals surface area contributed by atoms with Crippen LogP contribution in [-0.4, -0.2) is 32.6 Å². The third-order valence-corrected chi connectivity index (χ3v) is 6.14. The molecule has 0 bridgehead atoms. The molecule has 0 aliphatic rings. The van der Waals surface area contributed by atoms with Gasteiger partial charge in [0.1, 0.15) is 0 Å². The van der Waals surface area contributed by atoms with E-state index in [4.69, 9.17) is 11.6 Å². The molecule has 0 aliphatic carbocycles. The third-order valence-electron chi connectivity index (χ3n) is 3.45. The fourth-order valence-electron chi connectivity index (χ4n) is 2.20. The Balaban J connectivity index is 1.99. The Morgan fingerprint density at radius 1 is 1.21 bits per heavy atom. The average molecular weight is 381 g/mol. The van der Waals surface area contributed by atoms with Gasteiger partial charge in [-0.1, -0.05) is 35.1 Å². The second kappa shape index (κ2) is 6.16. The van der Waals surface area contributed by atoms with E-state index in [1.54, 1.807) is 7.05 Å². The Bertz CT molecular complexity index is 1010. The number of amides is 1. The van der Waals surface area contributed by atoms with Gasteiger partial charge in [0.2, 0.25) is 0 Å². The van der Waals surface area contributed by atoms with Crippen molar-refractivity contribution in [2.24, 2.45) is 0 Å². The van der Waals surface area contributed by atoms with Crippen LogP contribution in [0.2, 0.25) is 5.02 Å². The molecular formula is C16H13ClN2O3S2. The number of rotatable bonds is 3. The van der Waals surface area contributed by atoms with Gasteiger partial charge in [0.05, 0.1) is 20.1 Å². The number of thiazole rings is 1. The highest BCUT2D eigenvalue weighted by Crippen LogP contribution is 2.29. The molecule has 1 amide bonds. The van der Waals surface area contributed by atoms with Gasteiger partial charge in [0.15, 0.2) is 15.0 Å². The maximum atomic E-state index is 12.7. The minimum absolute atomic E-state index is 0.0623. The molecule has 0 atom stereocenters. The Hall–Kier alpha value is -1.96. The second-order valence-corrected chi connectivity index (χ2v) is 8.65. The molecule has 0 spiro atoms. The van der Waals surface area contributed by atoms with E-state index >= 15 is 0 Å². The van der Waals surface area contributed by atoms with Crippen LogP contribution in [0.25, 0.3) is 10.2 Å². The van der Waals surface area contributed by atoms with Gasteiger partial charge >= 0.3 is 0 Å². The Morgan fingerprint density at radius 3 is 2.58 bits per heavy atom. The van der Waals surface area contributed by atoms with Gasteiger partial charge in [-0.2, -0.15) is 0 Å². The lowest BCUT2D eigenvalue weighted by Gasteiger charge is -2.14. The summed E-state index contributed by atoms with van der Waals surface area (Å²) in [7, 11) is -1.91. The average Bonchev–Trinajstić information content (AvgIpc) is 2.97.